The summed E-state index contributed by atoms with van der Waals surface area (Å²) in [6.45, 7) is 2.38. The largest absolute Gasteiger partial charge is 0.494 e. The SMILES string of the molecule is COCC(=O)NCCCCCc1nc2ccccc2n1CCCOc1ccccc1. The molecule has 0 aliphatic carbocycles. The van der Waals surface area contributed by atoms with Crippen molar-refractivity contribution >= 4 is 16.9 Å². The number of para-hydroxylation sites is 3. The molecule has 0 spiro atoms. The van der Waals surface area contributed by atoms with Gasteiger partial charge in [0, 0.05) is 26.6 Å². The van der Waals surface area contributed by atoms with E-state index in [0.717, 1.165) is 55.7 Å². The number of rotatable bonds is 13. The summed E-state index contributed by atoms with van der Waals surface area (Å²) in [5, 5.41) is 2.86. The van der Waals surface area contributed by atoms with Gasteiger partial charge in [-0.1, -0.05) is 36.8 Å². The van der Waals surface area contributed by atoms with E-state index >= 15 is 0 Å². The number of nitrogens with one attached hydrogen (secondary N) is 1. The van der Waals surface area contributed by atoms with Crippen molar-refractivity contribution in [3.05, 3.63) is 60.4 Å². The summed E-state index contributed by atoms with van der Waals surface area (Å²) in [5.41, 5.74) is 2.22. The first kappa shape index (κ1) is 21.8. The van der Waals surface area contributed by atoms with Crippen LogP contribution in [-0.4, -0.2) is 42.3 Å². The number of fused-ring (bicyclic) bond motifs is 1. The fourth-order valence-corrected chi connectivity index (χ4v) is 3.49. The first-order valence-electron chi connectivity index (χ1n) is 10.7. The van der Waals surface area contributed by atoms with Gasteiger partial charge in [-0.25, -0.2) is 4.98 Å². The van der Waals surface area contributed by atoms with Crippen LogP contribution in [0.4, 0.5) is 0 Å². The molecule has 0 saturated carbocycles. The van der Waals surface area contributed by atoms with Crippen LogP contribution >= 0.6 is 0 Å². The summed E-state index contributed by atoms with van der Waals surface area (Å²) < 4.78 is 13.0. The maximum atomic E-state index is 11.4. The third-order valence-electron chi connectivity index (χ3n) is 4.95. The van der Waals surface area contributed by atoms with Gasteiger partial charge in [0.25, 0.3) is 0 Å². The molecule has 160 valence electrons. The second-order valence-electron chi connectivity index (χ2n) is 7.28. The molecule has 1 N–H and O–H groups in total. The number of carbonyl (C=O) groups excluding carboxylic acids is 1. The second kappa shape index (κ2) is 12.0. The summed E-state index contributed by atoms with van der Waals surface area (Å²) in [7, 11) is 1.53. The smallest absolute Gasteiger partial charge is 0.245 e. The molecule has 0 radical (unpaired) electrons. The number of carbonyl (C=O) groups is 1. The van der Waals surface area contributed by atoms with Gasteiger partial charge in [0.1, 0.15) is 18.2 Å². The van der Waals surface area contributed by atoms with E-state index in [9.17, 15) is 4.79 Å². The topological polar surface area (TPSA) is 65.4 Å². The molecule has 30 heavy (non-hydrogen) atoms. The predicted molar refractivity (Wildman–Crippen MR) is 119 cm³/mol. The van der Waals surface area contributed by atoms with Gasteiger partial charge in [-0.05, 0) is 43.5 Å². The highest BCUT2D eigenvalue weighted by atomic mass is 16.5. The van der Waals surface area contributed by atoms with Crippen LogP contribution < -0.4 is 10.1 Å². The highest BCUT2D eigenvalue weighted by molar-refractivity contribution is 5.77. The van der Waals surface area contributed by atoms with Crippen LogP contribution in [0.15, 0.2) is 54.6 Å². The van der Waals surface area contributed by atoms with Crippen molar-refractivity contribution in [2.75, 3.05) is 26.9 Å². The Bertz CT molecular complexity index is 908. The van der Waals surface area contributed by atoms with Crippen molar-refractivity contribution in [3.8, 4) is 5.75 Å². The Hall–Kier alpha value is -2.86. The normalized spacial score (nSPS) is 11.0. The van der Waals surface area contributed by atoms with Gasteiger partial charge in [-0.15, -0.1) is 0 Å². The first-order chi connectivity index (χ1) is 14.8. The molecule has 3 aromatic rings. The number of amides is 1. The van der Waals surface area contributed by atoms with Gasteiger partial charge in [-0.3, -0.25) is 4.79 Å². The van der Waals surface area contributed by atoms with E-state index in [0.29, 0.717) is 13.2 Å². The highest BCUT2D eigenvalue weighted by Gasteiger charge is 2.10. The van der Waals surface area contributed by atoms with Crippen LogP contribution in [0.2, 0.25) is 0 Å². The summed E-state index contributed by atoms with van der Waals surface area (Å²) in [6, 6.07) is 18.2. The zero-order chi connectivity index (χ0) is 21.0. The summed E-state index contributed by atoms with van der Waals surface area (Å²) in [6.07, 6.45) is 4.91. The van der Waals surface area contributed by atoms with E-state index in [1.807, 2.05) is 36.4 Å². The zero-order valence-corrected chi connectivity index (χ0v) is 17.7. The third kappa shape index (κ3) is 6.59. The number of ether oxygens (including phenoxy) is 2. The van der Waals surface area contributed by atoms with E-state index in [2.05, 4.69) is 28.1 Å². The lowest BCUT2D eigenvalue weighted by molar-refractivity contribution is -0.124. The van der Waals surface area contributed by atoms with Crippen LogP contribution in [0.1, 0.15) is 31.5 Å². The number of aryl methyl sites for hydroxylation is 2. The molecule has 0 atom stereocenters. The van der Waals surface area contributed by atoms with Crippen LogP contribution in [0, 0.1) is 0 Å². The molecular formula is C24H31N3O3. The number of methoxy groups -OCH3 is 1. The van der Waals surface area contributed by atoms with Gasteiger partial charge in [0.05, 0.1) is 17.6 Å². The van der Waals surface area contributed by atoms with E-state index in [1.54, 1.807) is 0 Å². The Morgan fingerprint density at radius 1 is 1.00 bits per heavy atom. The fraction of sp³-hybridized carbons (Fsp3) is 0.417. The molecule has 1 heterocycles. The Morgan fingerprint density at radius 3 is 2.63 bits per heavy atom. The maximum Gasteiger partial charge on any atom is 0.245 e. The Balaban J connectivity index is 1.48. The van der Waals surface area contributed by atoms with Crippen LogP contribution in [0.3, 0.4) is 0 Å². The molecule has 3 rings (SSSR count). The standard InChI is InChI=1S/C24H31N3O3/c1-29-19-24(28)25-16-9-3-6-15-23-26-21-13-7-8-14-22(21)27(23)17-10-18-30-20-11-4-2-5-12-20/h2,4-5,7-8,11-14H,3,6,9-10,15-19H2,1H3,(H,25,28). The van der Waals surface area contributed by atoms with Gasteiger partial charge in [0.2, 0.25) is 5.91 Å². The Kier molecular flexibility index (Phi) is 8.72. The van der Waals surface area contributed by atoms with E-state index in [-0.39, 0.29) is 12.5 Å². The molecule has 6 heteroatoms. The molecule has 0 aliphatic rings. The molecule has 0 saturated heterocycles. The maximum absolute atomic E-state index is 11.4. The second-order valence-corrected chi connectivity index (χ2v) is 7.28. The zero-order valence-electron chi connectivity index (χ0n) is 17.7. The lowest BCUT2D eigenvalue weighted by Crippen LogP contribution is -2.27. The number of imidazole rings is 1. The fourth-order valence-electron chi connectivity index (χ4n) is 3.49. The molecule has 1 amide bonds. The van der Waals surface area contributed by atoms with Crippen molar-refractivity contribution in [3.63, 3.8) is 0 Å². The summed E-state index contributed by atoms with van der Waals surface area (Å²) >= 11 is 0. The number of unbranched alkanes of at least 4 members (excludes halogenated alkanes) is 2. The van der Waals surface area contributed by atoms with Crippen LogP contribution in [-0.2, 0) is 22.5 Å². The number of nitrogens with zero attached hydrogens (tertiary/aromatic N) is 2. The lowest BCUT2D eigenvalue weighted by atomic mass is 10.2. The molecule has 0 aliphatic heterocycles. The molecule has 6 nitrogen and oxygen atoms in total. The highest BCUT2D eigenvalue weighted by Crippen LogP contribution is 2.18. The Labute approximate surface area is 178 Å². The summed E-state index contributed by atoms with van der Waals surface area (Å²) in [5.74, 6) is 1.97. The number of hydrogen-bond acceptors (Lipinski definition) is 4. The summed E-state index contributed by atoms with van der Waals surface area (Å²) in [4.78, 5) is 16.3. The van der Waals surface area contributed by atoms with Crippen molar-refractivity contribution in [1.29, 1.82) is 0 Å². The molecular weight excluding hydrogens is 378 g/mol. The molecule has 0 unspecified atom stereocenters. The van der Waals surface area contributed by atoms with Crippen molar-refractivity contribution in [2.24, 2.45) is 0 Å². The Morgan fingerprint density at radius 2 is 1.80 bits per heavy atom. The quantitative estimate of drug-likeness (QED) is 0.434. The minimum Gasteiger partial charge on any atom is -0.494 e. The molecule has 1 aromatic heterocycles. The minimum atomic E-state index is -0.0583. The number of benzene rings is 2. The van der Waals surface area contributed by atoms with E-state index in [1.165, 1.54) is 12.6 Å². The van der Waals surface area contributed by atoms with Crippen molar-refractivity contribution in [2.45, 2.75) is 38.6 Å². The number of aromatic nitrogens is 2. The predicted octanol–water partition coefficient (Wildman–Crippen LogP) is 3.98. The molecule has 2 aromatic carbocycles. The van der Waals surface area contributed by atoms with Crippen molar-refractivity contribution < 1.29 is 14.3 Å². The van der Waals surface area contributed by atoms with Crippen LogP contribution in [0.25, 0.3) is 11.0 Å². The molecule has 0 fully saturated rings. The average molecular weight is 410 g/mol. The third-order valence-corrected chi connectivity index (χ3v) is 4.95. The van der Waals surface area contributed by atoms with Gasteiger partial charge >= 0.3 is 0 Å². The van der Waals surface area contributed by atoms with Crippen molar-refractivity contribution in [1.82, 2.24) is 14.9 Å². The van der Waals surface area contributed by atoms with Gasteiger partial charge in [0.15, 0.2) is 0 Å². The van der Waals surface area contributed by atoms with Gasteiger partial charge < -0.3 is 19.4 Å². The van der Waals surface area contributed by atoms with Crippen LogP contribution in [0.5, 0.6) is 5.75 Å². The minimum absolute atomic E-state index is 0.0583. The monoisotopic (exact) mass is 409 g/mol. The average Bonchev–Trinajstić information content (AvgIpc) is 3.12. The van der Waals surface area contributed by atoms with Gasteiger partial charge in [-0.2, -0.15) is 0 Å². The van der Waals surface area contributed by atoms with E-state index in [4.69, 9.17) is 14.5 Å². The molecule has 0 bridgehead atoms. The lowest BCUT2D eigenvalue weighted by Gasteiger charge is -2.11. The van der Waals surface area contributed by atoms with E-state index < -0.39 is 0 Å². The number of hydrogen-bond donors (Lipinski definition) is 1. The first-order valence-corrected chi connectivity index (χ1v) is 10.7.